The number of methoxy groups -OCH3 is 4. The second-order valence-corrected chi connectivity index (χ2v) is 34.1. The summed E-state index contributed by atoms with van der Waals surface area (Å²) >= 11 is 0. The van der Waals surface area contributed by atoms with E-state index in [1.807, 2.05) is 187 Å². The SMILES string of the molecule is CCC(=O)N(c1ccc(/C=C/C(=O)OCCOC)cc1)C1CCN(CCc2ccccc2)CC1.CCC(=O)N(c1cccc(/C=C/C(=O)OCCOC)c1)C1CCN(CCc2ccccc2)CC1.CCC(=O)N(c1ccccc1)C1CCN(CCc2ccc(/C=C/C(=O)OCCOC)cc2)CC1.CCC(=O)N(c1ccccc1)C1CCN(CCc2cccc(/C=C/C(=O)OCCOC)c2)CC1. The van der Waals surface area contributed by atoms with E-state index in [2.05, 4.69) is 98.5 Å². The average molecular weight is 1860 g/mol. The number of esters is 4. The van der Waals surface area contributed by atoms with Crippen molar-refractivity contribution in [3.63, 3.8) is 0 Å². The molecule has 4 aliphatic heterocycles. The third-order valence-corrected chi connectivity index (χ3v) is 24.6. The molecule has 0 saturated carbocycles. The molecule has 0 N–H and O–H groups in total. The van der Waals surface area contributed by atoms with Gasteiger partial charge in [-0.1, -0.05) is 198 Å². The zero-order valence-electron chi connectivity index (χ0n) is 81.3. The second-order valence-electron chi connectivity index (χ2n) is 34.1. The summed E-state index contributed by atoms with van der Waals surface area (Å²) in [5.74, 6) is -0.878. The smallest absolute Gasteiger partial charge is 0.330 e. The number of likely N-dealkylation sites (tertiary alicyclic amines) is 4. The molecule has 8 aromatic rings. The van der Waals surface area contributed by atoms with Gasteiger partial charge in [-0.2, -0.15) is 0 Å². The molecule has 24 nitrogen and oxygen atoms in total. The van der Waals surface area contributed by atoms with Gasteiger partial charge in [-0.05, 0) is 194 Å². The van der Waals surface area contributed by atoms with E-state index in [1.165, 1.54) is 46.6 Å². The third-order valence-electron chi connectivity index (χ3n) is 24.6. The van der Waals surface area contributed by atoms with Crippen LogP contribution in [-0.4, -0.2) is 251 Å². The van der Waals surface area contributed by atoms with E-state index in [1.54, 1.807) is 52.7 Å². The van der Waals surface area contributed by atoms with Gasteiger partial charge < -0.3 is 77.1 Å². The molecule has 0 atom stereocenters. The summed E-state index contributed by atoms with van der Waals surface area (Å²) in [5.41, 5.74) is 12.7. The molecule has 8 aromatic carbocycles. The van der Waals surface area contributed by atoms with E-state index in [9.17, 15) is 38.4 Å². The van der Waals surface area contributed by atoms with Crippen molar-refractivity contribution in [1.29, 1.82) is 0 Å². The van der Waals surface area contributed by atoms with Crippen LogP contribution in [0.1, 0.15) is 149 Å². The molecular formula is C112H144N8O16. The lowest BCUT2D eigenvalue weighted by molar-refractivity contribution is -0.139. The van der Waals surface area contributed by atoms with Crippen molar-refractivity contribution in [3.05, 3.63) is 287 Å². The highest BCUT2D eigenvalue weighted by Gasteiger charge is 2.33. The highest BCUT2D eigenvalue weighted by Crippen LogP contribution is 2.32. The number of benzene rings is 8. The molecule has 12 rings (SSSR count). The quantitative estimate of drug-likeness (QED) is 0.0149. The van der Waals surface area contributed by atoms with E-state index in [-0.39, 0.29) is 86.2 Å². The number of hydrogen-bond donors (Lipinski definition) is 0. The maximum Gasteiger partial charge on any atom is 0.330 e. The summed E-state index contributed by atoms with van der Waals surface area (Å²) in [6, 6.07) is 74.2. The van der Waals surface area contributed by atoms with Gasteiger partial charge in [0.15, 0.2) is 0 Å². The summed E-state index contributed by atoms with van der Waals surface area (Å²) in [5, 5.41) is 0. The maximum absolute atomic E-state index is 12.9. The third kappa shape index (κ3) is 38.4. The number of carbonyl (C=O) groups is 8. The van der Waals surface area contributed by atoms with Gasteiger partial charge in [-0.15, -0.1) is 0 Å². The Labute approximate surface area is 807 Å². The van der Waals surface area contributed by atoms with Crippen LogP contribution >= 0.6 is 0 Å². The fourth-order valence-electron chi connectivity index (χ4n) is 17.1. The van der Waals surface area contributed by atoms with Crippen molar-refractivity contribution >= 4 is 94.6 Å². The first kappa shape index (κ1) is 108. The molecule has 4 fully saturated rings. The molecule has 24 heteroatoms. The Kier molecular flexibility index (Phi) is 49.2. The predicted octanol–water partition coefficient (Wildman–Crippen LogP) is 17.4. The number of anilines is 4. The Morgan fingerprint density at radius 3 is 0.816 bits per heavy atom. The Bertz CT molecular complexity index is 4950. The van der Waals surface area contributed by atoms with Crippen LogP contribution in [0.25, 0.3) is 24.3 Å². The first-order valence-electron chi connectivity index (χ1n) is 48.5. The normalized spacial score (nSPS) is 14.9. The Morgan fingerprint density at radius 2 is 0.507 bits per heavy atom. The molecule has 728 valence electrons. The molecule has 0 spiro atoms. The highest BCUT2D eigenvalue weighted by atomic mass is 16.6. The summed E-state index contributed by atoms with van der Waals surface area (Å²) in [4.78, 5) is 116. The van der Waals surface area contributed by atoms with Crippen LogP contribution in [0, 0.1) is 0 Å². The van der Waals surface area contributed by atoms with Crippen molar-refractivity contribution in [2.45, 2.75) is 155 Å². The summed E-state index contributed by atoms with van der Waals surface area (Å²) in [6.07, 6.45) is 26.5. The number of nitrogens with zero attached hydrogens (tertiary/aromatic N) is 8. The number of carbonyl (C=O) groups excluding carboxylic acids is 8. The predicted molar refractivity (Wildman–Crippen MR) is 543 cm³/mol. The molecule has 136 heavy (non-hydrogen) atoms. The zero-order chi connectivity index (χ0) is 96.7. The summed E-state index contributed by atoms with van der Waals surface area (Å²) in [6.45, 7) is 22.2. The van der Waals surface area contributed by atoms with Crippen molar-refractivity contribution in [2.75, 3.05) is 179 Å². The Balaban J connectivity index is 0.000000203. The van der Waals surface area contributed by atoms with Gasteiger partial charge in [0.1, 0.15) is 26.4 Å². The number of hydrogen-bond acceptors (Lipinski definition) is 20. The lowest BCUT2D eigenvalue weighted by Crippen LogP contribution is -2.48. The molecule has 0 radical (unpaired) electrons. The largest absolute Gasteiger partial charge is 0.460 e. The number of piperidine rings is 4. The Morgan fingerprint density at radius 1 is 0.265 bits per heavy atom. The lowest BCUT2D eigenvalue weighted by Gasteiger charge is -2.38. The minimum absolute atomic E-state index is 0.128. The average Bonchev–Trinajstić information content (AvgIpc) is 0.853. The van der Waals surface area contributed by atoms with Gasteiger partial charge >= 0.3 is 23.9 Å². The standard InChI is InChI=1S/4C28H36N2O4/c1-3-27(31)30(25-10-5-4-6-11-25)26-15-18-29(19-16-26)17-14-24-9-7-8-23(22-24)12-13-28(32)34-21-20-33-2;1-3-27(31)30(25-15-18-29(19-16-25)17-14-23-8-5-4-6-9-23)26-11-7-10-24(22-26)12-13-28(32)34-21-20-33-2;1-3-27(31)30(25-12-9-24(10-13-25)11-14-28(32)34-22-21-33-2)26-16-19-29(20-17-26)18-15-23-7-5-4-6-8-23;1-3-27(31)30(25-7-5-4-6-8-25)26-16-19-29(20-17-26)18-15-24-11-9-23(10-12-24)13-14-28(32)34-22-21-33-2/h4-13,22,26H,3,14-21H2,1-2H3;4-13,22,25H,3,14-21H2,1-2H3;2*4-14,26H,3,15-22H2,1-2H3/b2*13-12+;14-11+;14-13+. The minimum atomic E-state index is -0.410. The fraction of sp³-hybridized carbons (Fsp3) is 0.429. The monoisotopic (exact) mass is 1860 g/mol. The molecule has 4 aliphatic rings. The van der Waals surface area contributed by atoms with E-state index in [0.29, 0.717) is 52.1 Å². The number of rotatable bonds is 44. The van der Waals surface area contributed by atoms with E-state index in [4.69, 9.17) is 37.9 Å². The molecule has 4 saturated heterocycles. The topological polar surface area (TPSA) is 236 Å². The van der Waals surface area contributed by atoms with Crippen molar-refractivity contribution < 1.29 is 76.3 Å². The van der Waals surface area contributed by atoms with E-state index >= 15 is 0 Å². The number of para-hydroxylation sites is 2. The van der Waals surface area contributed by atoms with Crippen LogP contribution < -0.4 is 19.6 Å². The van der Waals surface area contributed by atoms with Gasteiger partial charge in [-0.3, -0.25) is 19.2 Å². The number of amides is 4. The van der Waals surface area contributed by atoms with Crippen molar-refractivity contribution in [1.82, 2.24) is 19.6 Å². The van der Waals surface area contributed by atoms with E-state index < -0.39 is 11.9 Å². The van der Waals surface area contributed by atoms with E-state index in [0.717, 1.165) is 201 Å². The van der Waals surface area contributed by atoms with Gasteiger partial charge in [-0.25, -0.2) is 19.2 Å². The van der Waals surface area contributed by atoms with Gasteiger partial charge in [0.2, 0.25) is 23.6 Å². The van der Waals surface area contributed by atoms with Crippen LogP contribution in [0.4, 0.5) is 22.7 Å². The van der Waals surface area contributed by atoms with Crippen molar-refractivity contribution in [2.24, 2.45) is 0 Å². The van der Waals surface area contributed by atoms with Crippen molar-refractivity contribution in [3.8, 4) is 0 Å². The molecule has 0 aliphatic carbocycles. The lowest BCUT2D eigenvalue weighted by atomic mass is 10.0. The van der Waals surface area contributed by atoms with Gasteiger partial charge in [0, 0.05) is 204 Å². The van der Waals surface area contributed by atoms with Gasteiger partial charge in [0.05, 0.1) is 26.4 Å². The molecule has 0 bridgehead atoms. The molecule has 4 heterocycles. The van der Waals surface area contributed by atoms with Crippen LogP contribution in [-0.2, 0) is 102 Å². The first-order chi connectivity index (χ1) is 66.4. The maximum atomic E-state index is 12.9. The van der Waals surface area contributed by atoms with Crippen LogP contribution in [0.5, 0.6) is 0 Å². The highest BCUT2D eigenvalue weighted by molar-refractivity contribution is 5.97. The van der Waals surface area contributed by atoms with Crippen LogP contribution in [0.15, 0.2) is 243 Å². The van der Waals surface area contributed by atoms with Crippen LogP contribution in [0.2, 0.25) is 0 Å². The number of ether oxygens (including phenoxy) is 8. The second kappa shape index (κ2) is 62.0. The molecular weight excluding hydrogens is 1710 g/mol. The molecule has 4 amide bonds. The summed E-state index contributed by atoms with van der Waals surface area (Å²) in [7, 11) is 6.27. The minimum Gasteiger partial charge on any atom is -0.460 e. The summed E-state index contributed by atoms with van der Waals surface area (Å²) < 4.78 is 39.7. The Hall–Kier alpha value is -11.8. The molecule has 0 unspecified atom stereocenters. The zero-order valence-corrected chi connectivity index (χ0v) is 81.3. The van der Waals surface area contributed by atoms with Crippen LogP contribution in [0.3, 0.4) is 0 Å². The fourth-order valence-corrected chi connectivity index (χ4v) is 17.1. The van der Waals surface area contributed by atoms with Gasteiger partial charge in [0.25, 0.3) is 0 Å². The molecule has 0 aromatic heterocycles. The first-order valence-corrected chi connectivity index (χ1v) is 48.5.